The van der Waals surface area contributed by atoms with Gasteiger partial charge in [0.15, 0.2) is 11.5 Å². The molecule has 0 amide bonds. The predicted molar refractivity (Wildman–Crippen MR) is 63.1 cm³/mol. The molecule has 0 saturated carbocycles. The van der Waals surface area contributed by atoms with Gasteiger partial charge in [0.25, 0.3) is 0 Å². The smallest absolute Gasteiger partial charge is 0.175 e. The maximum Gasteiger partial charge on any atom is 0.175 e. The van der Waals surface area contributed by atoms with E-state index in [2.05, 4.69) is 25.3 Å². The summed E-state index contributed by atoms with van der Waals surface area (Å²) in [6, 6.07) is 0. The molecule has 16 heavy (non-hydrogen) atoms. The van der Waals surface area contributed by atoms with Crippen LogP contribution >= 0.6 is 12.4 Å². The first-order valence-electron chi connectivity index (χ1n) is 5.04. The van der Waals surface area contributed by atoms with Crippen LogP contribution in [0.4, 0.5) is 5.82 Å². The molecule has 1 fully saturated rings. The van der Waals surface area contributed by atoms with E-state index < -0.39 is 0 Å². The molecule has 2 aromatic heterocycles. The Kier molecular flexibility index (Phi) is 3.21. The number of aromatic nitrogens is 4. The number of halogens is 1. The summed E-state index contributed by atoms with van der Waals surface area (Å²) in [5.41, 5.74) is 0.797. The van der Waals surface area contributed by atoms with Crippen LogP contribution in [0.15, 0.2) is 18.7 Å². The van der Waals surface area contributed by atoms with Gasteiger partial charge < -0.3 is 10.2 Å². The highest BCUT2D eigenvalue weighted by Gasteiger charge is 2.14. The molecular weight excluding hydrogens is 228 g/mol. The summed E-state index contributed by atoms with van der Waals surface area (Å²) >= 11 is 0. The minimum absolute atomic E-state index is 0. The van der Waals surface area contributed by atoms with Gasteiger partial charge in [-0.05, 0) is 0 Å². The van der Waals surface area contributed by atoms with Crippen LogP contribution in [-0.2, 0) is 0 Å². The number of hydrogen-bond acceptors (Lipinski definition) is 5. The molecule has 6 nitrogen and oxygen atoms in total. The van der Waals surface area contributed by atoms with Crippen LogP contribution in [0.25, 0.3) is 5.65 Å². The van der Waals surface area contributed by atoms with E-state index >= 15 is 0 Å². The molecule has 0 radical (unpaired) electrons. The quantitative estimate of drug-likeness (QED) is 0.758. The van der Waals surface area contributed by atoms with Gasteiger partial charge in [-0.25, -0.2) is 4.98 Å². The number of anilines is 1. The molecule has 1 N–H and O–H groups in total. The van der Waals surface area contributed by atoms with Gasteiger partial charge in [-0.3, -0.25) is 4.98 Å². The van der Waals surface area contributed by atoms with Crippen molar-refractivity contribution in [2.24, 2.45) is 0 Å². The molecule has 2 aromatic rings. The number of nitrogens with one attached hydrogen (secondary N) is 1. The fourth-order valence-corrected chi connectivity index (χ4v) is 1.85. The normalized spacial score (nSPS) is 16.1. The number of fused-ring (bicyclic) bond motifs is 1. The maximum atomic E-state index is 4.20. The van der Waals surface area contributed by atoms with Crippen molar-refractivity contribution in [2.75, 3.05) is 31.1 Å². The van der Waals surface area contributed by atoms with Gasteiger partial charge in [0.05, 0.1) is 12.4 Å². The van der Waals surface area contributed by atoms with Crippen LogP contribution in [0, 0.1) is 0 Å². The second-order valence-corrected chi connectivity index (χ2v) is 3.53. The Balaban J connectivity index is 0.000000963. The van der Waals surface area contributed by atoms with Gasteiger partial charge in [0, 0.05) is 26.2 Å². The van der Waals surface area contributed by atoms with Gasteiger partial charge >= 0.3 is 0 Å². The van der Waals surface area contributed by atoms with Gasteiger partial charge in [0.2, 0.25) is 0 Å². The molecule has 0 atom stereocenters. The molecule has 1 aliphatic heterocycles. The Hall–Kier alpha value is -1.40. The first-order valence-corrected chi connectivity index (χ1v) is 5.04. The van der Waals surface area contributed by atoms with E-state index in [0.717, 1.165) is 37.6 Å². The lowest BCUT2D eigenvalue weighted by Gasteiger charge is -2.28. The van der Waals surface area contributed by atoms with Crippen molar-refractivity contribution in [1.82, 2.24) is 24.9 Å². The van der Waals surface area contributed by atoms with Crippen molar-refractivity contribution in [3.05, 3.63) is 18.7 Å². The van der Waals surface area contributed by atoms with Crippen molar-refractivity contribution in [3.63, 3.8) is 0 Å². The van der Waals surface area contributed by atoms with Gasteiger partial charge in [0.1, 0.15) is 6.33 Å². The van der Waals surface area contributed by atoms with Gasteiger partial charge in [-0.15, -0.1) is 12.4 Å². The van der Waals surface area contributed by atoms with Crippen LogP contribution in [-0.4, -0.2) is 45.8 Å². The second kappa shape index (κ2) is 4.63. The van der Waals surface area contributed by atoms with Crippen LogP contribution in [0.3, 0.4) is 0 Å². The van der Waals surface area contributed by atoms with Crippen LogP contribution in [0.5, 0.6) is 0 Å². The third-order valence-corrected chi connectivity index (χ3v) is 2.61. The average molecular weight is 241 g/mol. The molecule has 0 aromatic carbocycles. The van der Waals surface area contributed by atoms with Crippen LogP contribution < -0.4 is 10.2 Å². The highest BCUT2D eigenvalue weighted by molar-refractivity contribution is 5.85. The lowest BCUT2D eigenvalue weighted by atomic mass is 10.3. The second-order valence-electron chi connectivity index (χ2n) is 3.53. The molecule has 86 valence electrons. The topological polar surface area (TPSA) is 58.4 Å². The van der Waals surface area contributed by atoms with Crippen molar-refractivity contribution >= 4 is 23.9 Å². The number of piperazine rings is 1. The molecule has 3 rings (SSSR count). The molecule has 7 heteroatoms. The third-order valence-electron chi connectivity index (χ3n) is 2.61. The average Bonchev–Trinajstić information content (AvgIpc) is 2.78. The largest absolute Gasteiger partial charge is 0.353 e. The summed E-state index contributed by atoms with van der Waals surface area (Å²) in [6.07, 6.45) is 5.12. The van der Waals surface area contributed by atoms with E-state index in [-0.39, 0.29) is 12.4 Å². The van der Waals surface area contributed by atoms with Crippen molar-refractivity contribution in [2.45, 2.75) is 0 Å². The Morgan fingerprint density at radius 1 is 1.19 bits per heavy atom. The van der Waals surface area contributed by atoms with Gasteiger partial charge in [-0.1, -0.05) is 0 Å². The summed E-state index contributed by atoms with van der Waals surface area (Å²) < 4.78 is 1.83. The summed E-state index contributed by atoms with van der Waals surface area (Å²) in [5, 5.41) is 7.52. The minimum Gasteiger partial charge on any atom is -0.353 e. The zero-order chi connectivity index (χ0) is 10.1. The van der Waals surface area contributed by atoms with E-state index in [1.807, 2.05) is 10.7 Å². The third kappa shape index (κ3) is 1.81. The highest BCUT2D eigenvalue weighted by atomic mass is 35.5. The minimum atomic E-state index is 0. The Morgan fingerprint density at radius 2 is 2.00 bits per heavy atom. The van der Waals surface area contributed by atoms with E-state index in [9.17, 15) is 0 Å². The Bertz CT molecular complexity index is 464. The lowest BCUT2D eigenvalue weighted by molar-refractivity contribution is 0.579. The van der Waals surface area contributed by atoms with E-state index in [4.69, 9.17) is 0 Å². The summed E-state index contributed by atoms with van der Waals surface area (Å²) in [5.74, 6) is 1.02. The number of rotatable bonds is 1. The van der Waals surface area contributed by atoms with Crippen LogP contribution in [0.2, 0.25) is 0 Å². The molecule has 3 heterocycles. The summed E-state index contributed by atoms with van der Waals surface area (Å²) in [4.78, 5) is 10.6. The first kappa shape index (κ1) is 11.1. The summed E-state index contributed by atoms with van der Waals surface area (Å²) in [6.45, 7) is 3.98. The van der Waals surface area contributed by atoms with Crippen molar-refractivity contribution < 1.29 is 0 Å². The molecule has 0 spiro atoms. The molecule has 1 saturated heterocycles. The zero-order valence-electron chi connectivity index (χ0n) is 8.70. The maximum absolute atomic E-state index is 4.20. The monoisotopic (exact) mass is 240 g/mol. The van der Waals surface area contributed by atoms with E-state index in [0.29, 0.717) is 0 Å². The molecular formula is C9H13ClN6. The van der Waals surface area contributed by atoms with E-state index in [1.54, 1.807) is 12.5 Å². The molecule has 0 aliphatic carbocycles. The fraction of sp³-hybridized carbons (Fsp3) is 0.444. The predicted octanol–water partition coefficient (Wildman–Crippen LogP) is -0.0443. The zero-order valence-corrected chi connectivity index (χ0v) is 9.52. The molecule has 1 aliphatic rings. The lowest BCUT2D eigenvalue weighted by Crippen LogP contribution is -2.44. The SMILES string of the molecule is Cl.c1nc2cncc(N3CCNCC3)n2n1. The fourth-order valence-electron chi connectivity index (χ4n) is 1.85. The number of hydrogen-bond donors (Lipinski definition) is 1. The number of nitrogens with zero attached hydrogens (tertiary/aromatic N) is 5. The van der Waals surface area contributed by atoms with Crippen molar-refractivity contribution in [3.8, 4) is 0 Å². The van der Waals surface area contributed by atoms with Crippen LogP contribution in [0.1, 0.15) is 0 Å². The summed E-state index contributed by atoms with van der Waals surface area (Å²) in [7, 11) is 0. The highest BCUT2D eigenvalue weighted by Crippen LogP contribution is 2.13. The van der Waals surface area contributed by atoms with E-state index in [1.165, 1.54) is 0 Å². The Labute approximate surface area is 99.1 Å². The van der Waals surface area contributed by atoms with Gasteiger partial charge in [-0.2, -0.15) is 9.61 Å². The Morgan fingerprint density at radius 3 is 2.81 bits per heavy atom. The first-order chi connectivity index (χ1) is 7.45. The molecule has 0 unspecified atom stereocenters. The van der Waals surface area contributed by atoms with Crippen molar-refractivity contribution in [1.29, 1.82) is 0 Å². The standard InChI is InChI=1S/C9H12N6.ClH/c1-3-14(4-2-10-1)9-6-11-5-8-12-7-13-15(8)9;/h5-7,10H,1-4H2;1H. The molecule has 0 bridgehead atoms.